The Morgan fingerprint density at radius 1 is 1.24 bits per heavy atom. The summed E-state index contributed by atoms with van der Waals surface area (Å²) in [5.74, 6) is 1.55. The van der Waals surface area contributed by atoms with E-state index in [2.05, 4.69) is 33.8 Å². The predicted molar refractivity (Wildman–Crippen MR) is 91.3 cm³/mol. The highest BCUT2D eigenvalue weighted by molar-refractivity contribution is 9.10. The maximum absolute atomic E-state index is 6.04. The van der Waals surface area contributed by atoms with Crippen LogP contribution < -0.4 is 15.2 Å². The average Bonchev–Trinajstić information content (AvgIpc) is 2.41. The zero-order valence-corrected chi connectivity index (χ0v) is 15.1. The van der Waals surface area contributed by atoms with Crippen molar-refractivity contribution in [2.75, 3.05) is 33.9 Å². The quantitative estimate of drug-likeness (QED) is 0.736. The molecular weight excluding hydrogens is 332 g/mol. The molecule has 0 saturated carbocycles. The SMILES string of the molecule is CCOc1cc(CC(N)CC)cc(Br)c1OCCN(C)C. The van der Waals surface area contributed by atoms with Gasteiger partial charge in [-0.3, -0.25) is 0 Å². The van der Waals surface area contributed by atoms with Gasteiger partial charge < -0.3 is 20.1 Å². The Labute approximate surface area is 136 Å². The van der Waals surface area contributed by atoms with Crippen LogP contribution in [0.5, 0.6) is 11.5 Å². The highest BCUT2D eigenvalue weighted by atomic mass is 79.9. The van der Waals surface area contributed by atoms with Crippen molar-refractivity contribution in [1.29, 1.82) is 0 Å². The first-order chi connectivity index (χ1) is 9.97. The standard InChI is InChI=1S/C16H27BrN2O2/c1-5-13(18)9-12-10-14(17)16(15(11-12)20-6-2)21-8-7-19(3)4/h10-11,13H,5-9,18H2,1-4H3. The molecule has 21 heavy (non-hydrogen) atoms. The van der Waals surface area contributed by atoms with E-state index in [0.29, 0.717) is 13.2 Å². The van der Waals surface area contributed by atoms with Crippen LogP contribution in [-0.2, 0) is 6.42 Å². The minimum absolute atomic E-state index is 0.173. The van der Waals surface area contributed by atoms with Gasteiger partial charge >= 0.3 is 0 Å². The Morgan fingerprint density at radius 3 is 2.52 bits per heavy atom. The van der Waals surface area contributed by atoms with Gasteiger partial charge in [-0.1, -0.05) is 6.92 Å². The molecular formula is C16H27BrN2O2. The molecule has 0 aliphatic heterocycles. The second-order valence-corrected chi connectivity index (χ2v) is 6.22. The zero-order valence-electron chi connectivity index (χ0n) is 13.5. The average molecular weight is 359 g/mol. The summed E-state index contributed by atoms with van der Waals surface area (Å²) in [5, 5.41) is 0. The lowest BCUT2D eigenvalue weighted by Crippen LogP contribution is -2.21. The molecule has 2 N–H and O–H groups in total. The third kappa shape index (κ3) is 6.24. The normalized spacial score (nSPS) is 12.5. The van der Waals surface area contributed by atoms with Gasteiger partial charge in [0.2, 0.25) is 0 Å². The Morgan fingerprint density at radius 2 is 1.95 bits per heavy atom. The van der Waals surface area contributed by atoms with E-state index in [0.717, 1.165) is 35.4 Å². The van der Waals surface area contributed by atoms with Gasteiger partial charge in [0, 0.05) is 12.6 Å². The van der Waals surface area contributed by atoms with Crippen molar-refractivity contribution < 1.29 is 9.47 Å². The van der Waals surface area contributed by atoms with E-state index in [-0.39, 0.29) is 6.04 Å². The number of rotatable bonds is 9. The Bertz CT molecular complexity index is 439. The van der Waals surface area contributed by atoms with Crippen LogP contribution in [-0.4, -0.2) is 44.8 Å². The number of hydrogen-bond acceptors (Lipinski definition) is 4. The number of benzene rings is 1. The van der Waals surface area contributed by atoms with E-state index in [1.807, 2.05) is 27.1 Å². The third-order valence-electron chi connectivity index (χ3n) is 3.18. The molecule has 0 heterocycles. The Hall–Kier alpha value is -0.780. The maximum atomic E-state index is 6.04. The van der Waals surface area contributed by atoms with Crippen LogP contribution >= 0.6 is 15.9 Å². The molecule has 0 fully saturated rings. The van der Waals surface area contributed by atoms with Crippen molar-refractivity contribution in [3.8, 4) is 11.5 Å². The Kier molecular flexibility index (Phi) is 8.07. The second-order valence-electron chi connectivity index (χ2n) is 5.36. The molecule has 0 radical (unpaired) electrons. The van der Waals surface area contributed by atoms with E-state index in [4.69, 9.17) is 15.2 Å². The van der Waals surface area contributed by atoms with Gasteiger partial charge in [-0.15, -0.1) is 0 Å². The number of nitrogens with two attached hydrogens (primary N) is 1. The van der Waals surface area contributed by atoms with Crippen molar-refractivity contribution in [1.82, 2.24) is 4.90 Å². The fraction of sp³-hybridized carbons (Fsp3) is 0.625. The zero-order chi connectivity index (χ0) is 15.8. The molecule has 0 spiro atoms. The van der Waals surface area contributed by atoms with Crippen LogP contribution in [0.4, 0.5) is 0 Å². The molecule has 0 aliphatic carbocycles. The van der Waals surface area contributed by atoms with E-state index in [1.54, 1.807) is 0 Å². The number of hydrogen-bond donors (Lipinski definition) is 1. The van der Waals surface area contributed by atoms with Crippen LogP contribution in [0.1, 0.15) is 25.8 Å². The van der Waals surface area contributed by atoms with Crippen molar-refractivity contribution in [2.45, 2.75) is 32.7 Å². The van der Waals surface area contributed by atoms with Gasteiger partial charge in [0.05, 0.1) is 11.1 Å². The van der Waals surface area contributed by atoms with E-state index >= 15 is 0 Å². The molecule has 0 aliphatic rings. The summed E-state index contributed by atoms with van der Waals surface area (Å²) in [7, 11) is 4.05. The lowest BCUT2D eigenvalue weighted by atomic mass is 10.0. The van der Waals surface area contributed by atoms with E-state index in [1.165, 1.54) is 5.56 Å². The lowest BCUT2D eigenvalue weighted by molar-refractivity contribution is 0.242. The first-order valence-electron chi connectivity index (χ1n) is 7.46. The van der Waals surface area contributed by atoms with Gasteiger partial charge in [0.1, 0.15) is 6.61 Å². The van der Waals surface area contributed by atoms with Gasteiger partial charge in [0.15, 0.2) is 11.5 Å². The number of ether oxygens (including phenoxy) is 2. The number of likely N-dealkylation sites (N-methyl/N-ethyl adjacent to an activating group) is 1. The molecule has 1 atom stereocenters. The third-order valence-corrected chi connectivity index (χ3v) is 3.77. The van der Waals surface area contributed by atoms with Crippen molar-refractivity contribution in [2.24, 2.45) is 5.73 Å². The fourth-order valence-electron chi connectivity index (χ4n) is 1.92. The summed E-state index contributed by atoms with van der Waals surface area (Å²) in [6.45, 7) is 6.17. The van der Waals surface area contributed by atoms with E-state index in [9.17, 15) is 0 Å². The molecule has 4 nitrogen and oxygen atoms in total. The molecule has 0 aromatic heterocycles. The van der Waals surface area contributed by atoms with Crippen molar-refractivity contribution >= 4 is 15.9 Å². The summed E-state index contributed by atoms with van der Waals surface area (Å²) in [5.41, 5.74) is 7.20. The first kappa shape index (κ1) is 18.3. The molecule has 0 bridgehead atoms. The highest BCUT2D eigenvalue weighted by Gasteiger charge is 2.13. The lowest BCUT2D eigenvalue weighted by Gasteiger charge is -2.18. The molecule has 120 valence electrons. The van der Waals surface area contributed by atoms with Gasteiger partial charge in [-0.2, -0.15) is 0 Å². The molecule has 1 aromatic carbocycles. The summed E-state index contributed by atoms with van der Waals surface area (Å²) >= 11 is 3.59. The van der Waals surface area contributed by atoms with Crippen LogP contribution in [0.15, 0.2) is 16.6 Å². The molecule has 0 amide bonds. The molecule has 1 unspecified atom stereocenters. The van der Waals surface area contributed by atoms with Crippen LogP contribution in [0.2, 0.25) is 0 Å². The van der Waals surface area contributed by atoms with Crippen molar-refractivity contribution in [3.63, 3.8) is 0 Å². The molecule has 0 saturated heterocycles. The maximum Gasteiger partial charge on any atom is 0.175 e. The van der Waals surface area contributed by atoms with Gasteiger partial charge in [-0.25, -0.2) is 0 Å². The summed E-state index contributed by atoms with van der Waals surface area (Å²) in [6.07, 6.45) is 1.80. The highest BCUT2D eigenvalue weighted by Crippen LogP contribution is 2.37. The fourth-order valence-corrected chi connectivity index (χ4v) is 2.52. The molecule has 1 rings (SSSR count). The number of halogens is 1. The van der Waals surface area contributed by atoms with Crippen LogP contribution in [0, 0.1) is 0 Å². The van der Waals surface area contributed by atoms with Crippen LogP contribution in [0.3, 0.4) is 0 Å². The molecule has 5 heteroatoms. The largest absolute Gasteiger partial charge is 0.490 e. The number of nitrogens with zero attached hydrogens (tertiary/aromatic N) is 1. The van der Waals surface area contributed by atoms with E-state index < -0.39 is 0 Å². The predicted octanol–water partition coefficient (Wildman–Crippen LogP) is 3.07. The second kappa shape index (κ2) is 9.28. The first-order valence-corrected chi connectivity index (χ1v) is 8.25. The van der Waals surface area contributed by atoms with Gasteiger partial charge in [0.25, 0.3) is 0 Å². The smallest absolute Gasteiger partial charge is 0.175 e. The van der Waals surface area contributed by atoms with Crippen molar-refractivity contribution in [3.05, 3.63) is 22.2 Å². The Balaban J connectivity index is 2.90. The summed E-state index contributed by atoms with van der Waals surface area (Å²) < 4.78 is 12.5. The minimum Gasteiger partial charge on any atom is -0.490 e. The monoisotopic (exact) mass is 358 g/mol. The van der Waals surface area contributed by atoms with Crippen LogP contribution in [0.25, 0.3) is 0 Å². The minimum atomic E-state index is 0.173. The molecule has 1 aromatic rings. The summed E-state index contributed by atoms with van der Waals surface area (Å²) in [6, 6.07) is 4.28. The topological polar surface area (TPSA) is 47.7 Å². The summed E-state index contributed by atoms with van der Waals surface area (Å²) in [4.78, 5) is 2.09. The van der Waals surface area contributed by atoms with Gasteiger partial charge in [-0.05, 0) is 67.5 Å².